The second-order valence-electron chi connectivity index (χ2n) is 4.31. The van der Waals surface area contributed by atoms with Crippen molar-refractivity contribution in [1.29, 1.82) is 0 Å². The van der Waals surface area contributed by atoms with Gasteiger partial charge >= 0.3 is 0 Å². The van der Waals surface area contributed by atoms with Gasteiger partial charge in [-0.15, -0.1) is 0 Å². The maximum absolute atomic E-state index is 12.0. The Balaban J connectivity index is 2.17. The van der Waals surface area contributed by atoms with Crippen molar-refractivity contribution in [3.63, 3.8) is 0 Å². The van der Waals surface area contributed by atoms with E-state index in [1.54, 1.807) is 12.1 Å². The number of amides is 1. The van der Waals surface area contributed by atoms with E-state index < -0.39 is 0 Å². The topological polar surface area (TPSA) is 71.2 Å². The molecule has 0 saturated heterocycles. The summed E-state index contributed by atoms with van der Waals surface area (Å²) in [6.07, 6.45) is 1.38. The maximum atomic E-state index is 12.0. The monoisotopic (exact) mass is 272 g/mol. The highest BCUT2D eigenvalue weighted by molar-refractivity contribution is 6.04. The highest BCUT2D eigenvalue weighted by atomic mass is 16.5. The van der Waals surface area contributed by atoms with Gasteiger partial charge in [-0.05, 0) is 31.5 Å². The third kappa shape index (κ3) is 3.26. The summed E-state index contributed by atoms with van der Waals surface area (Å²) >= 11 is 0. The molecule has 2 N–H and O–H groups in total. The summed E-state index contributed by atoms with van der Waals surface area (Å²) in [5.74, 6) is 0.458. The Kier molecular flexibility index (Phi) is 4.20. The summed E-state index contributed by atoms with van der Waals surface area (Å²) in [6, 6.07) is 8.26. The highest BCUT2D eigenvalue weighted by Crippen LogP contribution is 2.22. The molecule has 5 nitrogen and oxygen atoms in total. The number of ether oxygens (including phenoxy) is 1. The number of carbonyl (C=O) groups is 1. The number of carbonyl (C=O) groups excluding carboxylic acids is 1. The molecule has 0 saturated carbocycles. The van der Waals surface area contributed by atoms with E-state index in [9.17, 15) is 9.59 Å². The molecular weight excluding hydrogens is 256 g/mol. The highest BCUT2D eigenvalue weighted by Gasteiger charge is 2.07. The second kappa shape index (κ2) is 6.06. The zero-order chi connectivity index (χ0) is 14.5. The van der Waals surface area contributed by atoms with E-state index in [2.05, 4.69) is 10.3 Å². The van der Waals surface area contributed by atoms with Gasteiger partial charge in [0.25, 0.3) is 5.91 Å². The number of aromatic amines is 1. The van der Waals surface area contributed by atoms with E-state index in [1.807, 2.05) is 19.9 Å². The summed E-state index contributed by atoms with van der Waals surface area (Å²) in [7, 11) is 0. The normalized spacial score (nSPS) is 10.1. The smallest absolute Gasteiger partial charge is 0.257 e. The lowest BCUT2D eigenvalue weighted by Gasteiger charge is -2.10. The third-order valence-electron chi connectivity index (χ3n) is 2.79. The molecule has 20 heavy (non-hydrogen) atoms. The maximum Gasteiger partial charge on any atom is 0.257 e. The van der Waals surface area contributed by atoms with Crippen molar-refractivity contribution in [2.24, 2.45) is 0 Å². The predicted molar refractivity (Wildman–Crippen MR) is 77.4 cm³/mol. The van der Waals surface area contributed by atoms with Crippen LogP contribution in [0.5, 0.6) is 5.75 Å². The molecular formula is C15H16N2O3. The number of aromatic nitrogens is 1. The molecule has 0 aliphatic rings. The van der Waals surface area contributed by atoms with Gasteiger partial charge < -0.3 is 15.0 Å². The van der Waals surface area contributed by atoms with Crippen molar-refractivity contribution >= 4 is 11.6 Å². The first-order chi connectivity index (χ1) is 9.60. The standard InChI is InChI=1S/C15H16N2O3/c1-3-20-13-8-12(6-4-10(13)2)17-15(19)11-5-7-14(18)16-9-11/h4-9H,3H2,1-2H3,(H,16,18)(H,17,19). The van der Waals surface area contributed by atoms with Crippen LogP contribution < -0.4 is 15.6 Å². The van der Waals surface area contributed by atoms with E-state index in [-0.39, 0.29) is 11.5 Å². The van der Waals surface area contributed by atoms with Crippen molar-refractivity contribution < 1.29 is 9.53 Å². The molecule has 1 aromatic heterocycles. The Bertz CT molecular complexity index is 657. The number of hydrogen-bond donors (Lipinski definition) is 2. The van der Waals surface area contributed by atoms with Crippen LogP contribution in [0.15, 0.2) is 41.3 Å². The van der Waals surface area contributed by atoms with E-state index in [4.69, 9.17) is 4.74 Å². The number of nitrogens with one attached hydrogen (secondary N) is 2. The molecule has 0 radical (unpaired) electrons. The minimum absolute atomic E-state index is 0.240. The Morgan fingerprint density at radius 3 is 2.75 bits per heavy atom. The van der Waals surface area contributed by atoms with Crippen molar-refractivity contribution in [2.75, 3.05) is 11.9 Å². The fourth-order valence-electron chi connectivity index (χ4n) is 1.74. The van der Waals surface area contributed by atoms with Gasteiger partial charge in [0.1, 0.15) is 5.75 Å². The molecule has 0 atom stereocenters. The molecule has 1 amide bonds. The number of aryl methyl sites for hydroxylation is 1. The van der Waals surface area contributed by atoms with Gasteiger partial charge in [-0.1, -0.05) is 6.07 Å². The van der Waals surface area contributed by atoms with Crippen LogP contribution in [0.25, 0.3) is 0 Å². The average Bonchev–Trinajstić information content (AvgIpc) is 2.43. The Hall–Kier alpha value is -2.56. The number of pyridine rings is 1. The number of rotatable bonds is 4. The van der Waals surface area contributed by atoms with E-state index in [1.165, 1.54) is 18.3 Å². The van der Waals surface area contributed by atoms with Gasteiger partial charge in [-0.3, -0.25) is 9.59 Å². The molecule has 1 heterocycles. The van der Waals surface area contributed by atoms with Crippen LogP contribution in [-0.2, 0) is 0 Å². The lowest BCUT2D eigenvalue weighted by molar-refractivity contribution is 0.102. The molecule has 0 fully saturated rings. The molecule has 0 spiro atoms. The first kappa shape index (κ1) is 13.9. The molecule has 0 bridgehead atoms. The molecule has 0 aliphatic carbocycles. The van der Waals surface area contributed by atoms with Gasteiger partial charge in [0.2, 0.25) is 5.56 Å². The summed E-state index contributed by atoms with van der Waals surface area (Å²) in [5.41, 5.74) is 1.81. The largest absolute Gasteiger partial charge is 0.494 e. The van der Waals surface area contributed by atoms with Gasteiger partial charge in [-0.25, -0.2) is 0 Å². The van der Waals surface area contributed by atoms with Crippen molar-refractivity contribution in [3.8, 4) is 5.75 Å². The minimum atomic E-state index is -0.285. The minimum Gasteiger partial charge on any atom is -0.494 e. The van der Waals surface area contributed by atoms with E-state index >= 15 is 0 Å². The number of H-pyrrole nitrogens is 1. The Morgan fingerprint density at radius 2 is 2.10 bits per heavy atom. The van der Waals surface area contributed by atoms with Crippen LogP contribution >= 0.6 is 0 Å². The first-order valence-electron chi connectivity index (χ1n) is 6.33. The van der Waals surface area contributed by atoms with Crippen molar-refractivity contribution in [3.05, 3.63) is 58.0 Å². The van der Waals surface area contributed by atoms with Gasteiger partial charge in [0.05, 0.1) is 12.2 Å². The van der Waals surface area contributed by atoms with Crippen LogP contribution in [-0.4, -0.2) is 17.5 Å². The van der Waals surface area contributed by atoms with Crippen LogP contribution in [0.4, 0.5) is 5.69 Å². The first-order valence-corrected chi connectivity index (χ1v) is 6.33. The summed E-state index contributed by atoms with van der Waals surface area (Å²) < 4.78 is 5.48. The number of benzene rings is 1. The van der Waals surface area contributed by atoms with E-state index in [0.29, 0.717) is 17.9 Å². The van der Waals surface area contributed by atoms with Crippen molar-refractivity contribution in [1.82, 2.24) is 4.98 Å². The molecule has 0 unspecified atom stereocenters. The van der Waals surface area contributed by atoms with Crippen LogP contribution in [0.1, 0.15) is 22.8 Å². The number of hydrogen-bond acceptors (Lipinski definition) is 3. The molecule has 0 aliphatic heterocycles. The lowest BCUT2D eigenvalue weighted by Crippen LogP contribution is -2.14. The fraction of sp³-hybridized carbons (Fsp3) is 0.200. The quantitative estimate of drug-likeness (QED) is 0.897. The number of anilines is 1. The van der Waals surface area contributed by atoms with Crippen LogP contribution in [0, 0.1) is 6.92 Å². The predicted octanol–water partition coefficient (Wildman–Crippen LogP) is 2.33. The molecule has 2 aromatic rings. The molecule has 5 heteroatoms. The zero-order valence-corrected chi connectivity index (χ0v) is 11.4. The zero-order valence-electron chi connectivity index (χ0n) is 11.4. The SMILES string of the molecule is CCOc1cc(NC(=O)c2ccc(=O)[nH]c2)ccc1C. The average molecular weight is 272 g/mol. The summed E-state index contributed by atoms with van der Waals surface area (Å²) in [5, 5.41) is 2.76. The van der Waals surface area contributed by atoms with Gasteiger partial charge in [-0.2, -0.15) is 0 Å². The Morgan fingerprint density at radius 1 is 1.30 bits per heavy atom. The van der Waals surface area contributed by atoms with Crippen molar-refractivity contribution in [2.45, 2.75) is 13.8 Å². The summed E-state index contributed by atoms with van der Waals surface area (Å²) in [4.78, 5) is 25.4. The van der Waals surface area contributed by atoms with Gasteiger partial charge in [0, 0.05) is 24.0 Å². The fourth-order valence-corrected chi connectivity index (χ4v) is 1.74. The van der Waals surface area contributed by atoms with Gasteiger partial charge in [0.15, 0.2) is 0 Å². The second-order valence-corrected chi connectivity index (χ2v) is 4.31. The Labute approximate surface area is 116 Å². The van der Waals surface area contributed by atoms with Crippen LogP contribution in [0.3, 0.4) is 0 Å². The lowest BCUT2D eigenvalue weighted by atomic mass is 10.2. The summed E-state index contributed by atoms with van der Waals surface area (Å²) in [6.45, 7) is 4.42. The molecule has 1 aromatic carbocycles. The van der Waals surface area contributed by atoms with E-state index in [0.717, 1.165) is 11.3 Å². The molecule has 2 rings (SSSR count). The molecule has 104 valence electrons. The van der Waals surface area contributed by atoms with Crippen LogP contribution in [0.2, 0.25) is 0 Å². The third-order valence-corrected chi connectivity index (χ3v) is 2.79.